The van der Waals surface area contributed by atoms with Crippen LogP contribution in [0.25, 0.3) is 0 Å². The second kappa shape index (κ2) is 5.75. The quantitative estimate of drug-likeness (QED) is 0.886. The number of sulfonamides is 1. The Morgan fingerprint density at radius 1 is 1.33 bits per heavy atom. The van der Waals surface area contributed by atoms with Gasteiger partial charge in [-0.2, -0.15) is 18.4 Å². The molecular weight excluding hydrogens is 363 g/mol. The number of rotatable bonds is 4. The highest BCUT2D eigenvalue weighted by Crippen LogP contribution is 2.42. The van der Waals surface area contributed by atoms with Crippen LogP contribution in [0.1, 0.15) is 34.9 Å². The van der Waals surface area contributed by atoms with Crippen LogP contribution in [0.3, 0.4) is 0 Å². The molecule has 1 aliphatic carbocycles. The summed E-state index contributed by atoms with van der Waals surface area (Å²) in [5, 5.41) is 9.72. The molecule has 2 aromatic rings. The first kappa shape index (κ1) is 16.7. The van der Waals surface area contributed by atoms with Crippen molar-refractivity contribution in [2.45, 2.75) is 29.1 Å². The Morgan fingerprint density at radius 3 is 2.62 bits per heavy atom. The second-order valence-electron chi connectivity index (χ2n) is 5.27. The molecule has 0 aliphatic heterocycles. The first-order valence-electron chi connectivity index (χ1n) is 6.80. The van der Waals surface area contributed by atoms with Crippen molar-refractivity contribution in [3.05, 3.63) is 40.5 Å². The molecule has 1 heterocycles. The van der Waals surface area contributed by atoms with Gasteiger partial charge in [-0.3, -0.25) is 4.72 Å². The minimum Gasteiger partial charge on any atom is -0.278 e. The van der Waals surface area contributed by atoms with Crippen LogP contribution < -0.4 is 4.72 Å². The van der Waals surface area contributed by atoms with Gasteiger partial charge in [0.15, 0.2) is 4.21 Å². The minimum atomic E-state index is -4.61. The van der Waals surface area contributed by atoms with Crippen molar-refractivity contribution in [1.82, 2.24) is 4.98 Å². The van der Waals surface area contributed by atoms with Crippen LogP contribution in [-0.4, -0.2) is 13.4 Å². The molecule has 1 aromatic carbocycles. The first-order chi connectivity index (χ1) is 11.2. The van der Waals surface area contributed by atoms with Gasteiger partial charge in [-0.1, -0.05) is 0 Å². The lowest BCUT2D eigenvalue weighted by Gasteiger charge is -2.11. The van der Waals surface area contributed by atoms with Crippen molar-refractivity contribution in [3.63, 3.8) is 0 Å². The van der Waals surface area contributed by atoms with Crippen molar-refractivity contribution in [1.29, 1.82) is 5.26 Å². The van der Waals surface area contributed by atoms with Crippen molar-refractivity contribution in [2.24, 2.45) is 0 Å². The molecule has 1 saturated carbocycles. The zero-order valence-electron chi connectivity index (χ0n) is 12.0. The second-order valence-corrected chi connectivity index (χ2v) is 8.24. The number of benzene rings is 1. The average Bonchev–Trinajstić information content (AvgIpc) is 3.22. The maximum atomic E-state index is 12.7. The minimum absolute atomic E-state index is 0.0341. The molecule has 24 heavy (non-hydrogen) atoms. The number of nitriles is 1. The predicted molar refractivity (Wildman–Crippen MR) is 81.1 cm³/mol. The number of hydrogen-bond acceptors (Lipinski definition) is 5. The fourth-order valence-electron chi connectivity index (χ4n) is 2.01. The lowest BCUT2D eigenvalue weighted by Crippen LogP contribution is -2.13. The molecule has 126 valence electrons. The van der Waals surface area contributed by atoms with Gasteiger partial charge >= 0.3 is 6.18 Å². The highest BCUT2D eigenvalue weighted by atomic mass is 32.2. The number of alkyl halides is 3. The molecular formula is C14H10F3N3O2S2. The van der Waals surface area contributed by atoms with Crippen LogP contribution in [0, 0.1) is 11.3 Å². The number of aromatic nitrogens is 1. The Hall–Kier alpha value is -2.12. The fourth-order valence-corrected chi connectivity index (χ4v) is 4.41. The molecule has 5 nitrogen and oxygen atoms in total. The Kier molecular flexibility index (Phi) is 4.01. The molecule has 0 bridgehead atoms. The van der Waals surface area contributed by atoms with Gasteiger partial charge in [0.25, 0.3) is 10.0 Å². The summed E-state index contributed by atoms with van der Waals surface area (Å²) in [5.74, 6) is 0.291. The Balaban J connectivity index is 1.90. The molecule has 1 N–H and O–H groups in total. The van der Waals surface area contributed by atoms with E-state index < -0.39 is 27.3 Å². The maximum Gasteiger partial charge on any atom is 0.416 e. The summed E-state index contributed by atoms with van der Waals surface area (Å²) >= 11 is 1.03. The third kappa shape index (κ3) is 3.37. The SMILES string of the molecule is N#Cc1cc(C(F)(F)F)ccc1NS(=O)(=O)c1cnc(C2CC2)s1. The monoisotopic (exact) mass is 373 g/mol. The molecule has 3 rings (SSSR count). The zero-order chi connectivity index (χ0) is 17.5. The summed E-state index contributed by atoms with van der Waals surface area (Å²) in [5.41, 5.74) is -1.62. The van der Waals surface area contributed by atoms with E-state index in [4.69, 9.17) is 5.26 Å². The molecule has 0 radical (unpaired) electrons. The Bertz CT molecular complexity index is 925. The smallest absolute Gasteiger partial charge is 0.278 e. The molecule has 0 spiro atoms. The largest absolute Gasteiger partial charge is 0.416 e. The van der Waals surface area contributed by atoms with E-state index in [0.29, 0.717) is 12.0 Å². The molecule has 0 atom stereocenters. The van der Waals surface area contributed by atoms with E-state index in [1.807, 2.05) is 0 Å². The number of nitrogens with one attached hydrogen (secondary N) is 1. The van der Waals surface area contributed by atoms with Gasteiger partial charge < -0.3 is 0 Å². The highest BCUT2D eigenvalue weighted by Gasteiger charge is 2.32. The molecule has 0 amide bonds. The average molecular weight is 373 g/mol. The molecule has 0 unspecified atom stereocenters. The number of nitrogens with zero attached hydrogens (tertiary/aromatic N) is 2. The lowest BCUT2D eigenvalue weighted by atomic mass is 10.1. The summed E-state index contributed by atoms with van der Waals surface area (Å²) in [4.78, 5) is 4.06. The number of hydrogen-bond donors (Lipinski definition) is 1. The molecule has 1 fully saturated rings. The topological polar surface area (TPSA) is 82.9 Å². The summed E-state index contributed by atoms with van der Waals surface area (Å²) in [6.45, 7) is 0. The molecule has 0 saturated heterocycles. The normalized spacial score (nSPS) is 15.1. The summed E-state index contributed by atoms with van der Waals surface area (Å²) in [6, 6.07) is 3.84. The molecule has 1 aliphatic rings. The maximum absolute atomic E-state index is 12.7. The van der Waals surface area contributed by atoms with Gasteiger partial charge in [-0.05, 0) is 31.0 Å². The highest BCUT2D eigenvalue weighted by molar-refractivity contribution is 7.94. The van der Waals surface area contributed by atoms with Crippen LogP contribution in [0.15, 0.2) is 28.6 Å². The fraction of sp³-hybridized carbons (Fsp3) is 0.286. The first-order valence-corrected chi connectivity index (χ1v) is 9.10. The van der Waals surface area contributed by atoms with E-state index in [-0.39, 0.29) is 9.90 Å². The van der Waals surface area contributed by atoms with Crippen LogP contribution in [-0.2, 0) is 16.2 Å². The van der Waals surface area contributed by atoms with Crippen molar-refractivity contribution >= 4 is 27.0 Å². The third-order valence-electron chi connectivity index (χ3n) is 3.41. The van der Waals surface area contributed by atoms with E-state index in [9.17, 15) is 21.6 Å². The van der Waals surface area contributed by atoms with Gasteiger partial charge in [-0.15, -0.1) is 11.3 Å². The zero-order valence-corrected chi connectivity index (χ0v) is 13.6. The summed E-state index contributed by atoms with van der Waals surface area (Å²) in [7, 11) is -4.01. The van der Waals surface area contributed by atoms with Gasteiger partial charge in [0.05, 0.1) is 28.0 Å². The third-order valence-corrected chi connectivity index (χ3v) is 6.39. The standard InChI is InChI=1S/C14H10F3N3O2S2/c15-14(16,17)10-3-4-11(9(5-10)6-18)20-24(21,22)12-7-19-13(23-12)8-1-2-8/h3-5,7-8,20H,1-2H2. The summed E-state index contributed by atoms with van der Waals surface area (Å²) in [6.07, 6.45) is -1.45. The van der Waals surface area contributed by atoms with Gasteiger partial charge in [0, 0.05) is 5.92 Å². The lowest BCUT2D eigenvalue weighted by molar-refractivity contribution is -0.137. The van der Waals surface area contributed by atoms with Crippen LogP contribution >= 0.6 is 11.3 Å². The van der Waals surface area contributed by atoms with Crippen molar-refractivity contribution in [3.8, 4) is 6.07 Å². The van der Waals surface area contributed by atoms with E-state index in [1.165, 1.54) is 6.20 Å². The Morgan fingerprint density at radius 2 is 2.04 bits per heavy atom. The van der Waals surface area contributed by atoms with E-state index in [1.54, 1.807) is 6.07 Å². The van der Waals surface area contributed by atoms with E-state index >= 15 is 0 Å². The molecule has 10 heteroatoms. The van der Waals surface area contributed by atoms with Crippen molar-refractivity contribution in [2.75, 3.05) is 4.72 Å². The Labute approximate surface area is 139 Å². The molecule has 1 aromatic heterocycles. The number of thiazole rings is 1. The van der Waals surface area contributed by atoms with Gasteiger partial charge in [0.1, 0.15) is 6.07 Å². The predicted octanol–water partition coefficient (Wildman–Crippen LogP) is 3.71. The summed E-state index contributed by atoms with van der Waals surface area (Å²) < 4.78 is 64.8. The van der Waals surface area contributed by atoms with Crippen LogP contribution in [0.5, 0.6) is 0 Å². The van der Waals surface area contributed by atoms with E-state index in [2.05, 4.69) is 9.71 Å². The van der Waals surface area contributed by atoms with Crippen LogP contribution in [0.4, 0.5) is 18.9 Å². The van der Waals surface area contributed by atoms with Gasteiger partial charge in [0.2, 0.25) is 0 Å². The van der Waals surface area contributed by atoms with Crippen molar-refractivity contribution < 1.29 is 21.6 Å². The van der Waals surface area contributed by atoms with E-state index in [0.717, 1.165) is 41.3 Å². The van der Waals surface area contributed by atoms with Crippen LogP contribution in [0.2, 0.25) is 0 Å². The number of anilines is 1. The van der Waals surface area contributed by atoms with Gasteiger partial charge in [-0.25, -0.2) is 13.4 Å². The number of halogens is 3.